The van der Waals surface area contributed by atoms with Gasteiger partial charge in [-0.2, -0.15) is 5.26 Å². The summed E-state index contributed by atoms with van der Waals surface area (Å²) in [5, 5.41) is 8.93. The quantitative estimate of drug-likeness (QED) is 0.734. The molecule has 0 amide bonds. The monoisotopic (exact) mass is 263 g/mol. The molecule has 0 saturated carbocycles. The minimum absolute atomic E-state index is 0.498. The molecule has 0 fully saturated rings. The van der Waals surface area contributed by atoms with Crippen LogP contribution < -0.4 is 0 Å². The van der Waals surface area contributed by atoms with Crippen LogP contribution in [0.1, 0.15) is 49.8 Å². The predicted octanol–water partition coefficient (Wildman–Crippen LogP) is 5.30. The summed E-state index contributed by atoms with van der Waals surface area (Å²) in [6.45, 7) is 6.68. The second-order valence-corrected chi connectivity index (χ2v) is 5.48. The van der Waals surface area contributed by atoms with Gasteiger partial charge in [-0.25, -0.2) is 0 Å². The van der Waals surface area contributed by atoms with Gasteiger partial charge in [-0.3, -0.25) is 0 Å². The molecule has 0 N–H and O–H groups in total. The van der Waals surface area contributed by atoms with Crippen LogP contribution in [0.15, 0.2) is 42.5 Å². The third kappa shape index (κ3) is 2.91. The van der Waals surface area contributed by atoms with E-state index in [9.17, 15) is 0 Å². The molecule has 2 aromatic carbocycles. The second kappa shape index (κ2) is 6.39. The van der Waals surface area contributed by atoms with Crippen LogP contribution in [0.25, 0.3) is 11.1 Å². The van der Waals surface area contributed by atoms with Crippen molar-refractivity contribution in [3.63, 3.8) is 0 Å². The van der Waals surface area contributed by atoms with Crippen molar-refractivity contribution in [2.24, 2.45) is 0 Å². The lowest BCUT2D eigenvalue weighted by atomic mass is 9.87. The van der Waals surface area contributed by atoms with Crippen LogP contribution in [-0.4, -0.2) is 0 Å². The van der Waals surface area contributed by atoms with Crippen molar-refractivity contribution in [2.75, 3.05) is 0 Å². The molecule has 0 bridgehead atoms. The van der Waals surface area contributed by atoms with Gasteiger partial charge in [-0.1, -0.05) is 57.5 Å². The Kier molecular flexibility index (Phi) is 4.58. The fraction of sp³-hybridized carbons (Fsp3) is 0.316. The first-order valence-electron chi connectivity index (χ1n) is 7.29. The lowest BCUT2D eigenvalue weighted by Gasteiger charge is -2.17. The Morgan fingerprint density at radius 1 is 1.05 bits per heavy atom. The fourth-order valence-corrected chi connectivity index (χ4v) is 2.64. The van der Waals surface area contributed by atoms with E-state index in [4.69, 9.17) is 5.26 Å². The van der Waals surface area contributed by atoms with E-state index in [1.54, 1.807) is 0 Å². The van der Waals surface area contributed by atoms with E-state index in [2.05, 4.69) is 57.2 Å². The lowest BCUT2D eigenvalue weighted by Crippen LogP contribution is -1.98. The van der Waals surface area contributed by atoms with E-state index >= 15 is 0 Å². The van der Waals surface area contributed by atoms with E-state index in [1.807, 2.05) is 12.1 Å². The number of hydrogen-bond donors (Lipinski definition) is 0. The molecule has 0 aliphatic heterocycles. The Morgan fingerprint density at radius 3 is 2.30 bits per heavy atom. The summed E-state index contributed by atoms with van der Waals surface area (Å²) in [7, 11) is 0. The van der Waals surface area contributed by atoms with Crippen molar-refractivity contribution in [1.29, 1.82) is 5.26 Å². The number of hydrogen-bond acceptors (Lipinski definition) is 1. The molecule has 2 rings (SSSR count). The lowest BCUT2D eigenvalue weighted by molar-refractivity contribution is 0.857. The van der Waals surface area contributed by atoms with Gasteiger partial charge >= 0.3 is 0 Å². The highest BCUT2D eigenvalue weighted by molar-refractivity contribution is 5.72. The van der Waals surface area contributed by atoms with Gasteiger partial charge in [-0.05, 0) is 46.7 Å². The van der Waals surface area contributed by atoms with Crippen molar-refractivity contribution >= 4 is 0 Å². The predicted molar refractivity (Wildman–Crippen MR) is 84.7 cm³/mol. The molecule has 102 valence electrons. The van der Waals surface area contributed by atoms with E-state index in [0.29, 0.717) is 11.5 Å². The summed E-state index contributed by atoms with van der Waals surface area (Å²) >= 11 is 0. The zero-order chi connectivity index (χ0) is 14.5. The van der Waals surface area contributed by atoms with E-state index in [0.717, 1.165) is 12.8 Å². The maximum absolute atomic E-state index is 8.93. The summed E-state index contributed by atoms with van der Waals surface area (Å²) in [5.41, 5.74) is 6.09. The van der Waals surface area contributed by atoms with Gasteiger partial charge in [0, 0.05) is 0 Å². The van der Waals surface area contributed by atoms with Gasteiger partial charge in [0.2, 0.25) is 0 Å². The molecule has 0 aliphatic rings. The summed E-state index contributed by atoms with van der Waals surface area (Å²) in [4.78, 5) is 0. The highest BCUT2D eigenvalue weighted by atomic mass is 14.2. The van der Waals surface area contributed by atoms with Crippen molar-refractivity contribution in [3.8, 4) is 17.2 Å². The molecule has 0 atom stereocenters. The van der Waals surface area contributed by atoms with Gasteiger partial charge in [0.25, 0.3) is 0 Å². The van der Waals surface area contributed by atoms with E-state index < -0.39 is 0 Å². The summed E-state index contributed by atoms with van der Waals surface area (Å²) < 4.78 is 0. The molecule has 0 spiro atoms. The van der Waals surface area contributed by atoms with Gasteiger partial charge in [0.15, 0.2) is 0 Å². The maximum Gasteiger partial charge on any atom is 0.0991 e. The SMILES string of the molecule is CCCc1cccc(C(C)C)c1-c1ccc(C#N)cc1. The molecule has 0 unspecified atom stereocenters. The van der Waals surface area contributed by atoms with Crippen molar-refractivity contribution in [3.05, 3.63) is 59.2 Å². The van der Waals surface area contributed by atoms with Gasteiger partial charge < -0.3 is 0 Å². The van der Waals surface area contributed by atoms with Crippen LogP contribution >= 0.6 is 0 Å². The van der Waals surface area contributed by atoms with Crippen LogP contribution in [0.5, 0.6) is 0 Å². The summed E-state index contributed by atoms with van der Waals surface area (Å²) in [6, 6.07) is 16.7. The van der Waals surface area contributed by atoms with Crippen molar-refractivity contribution < 1.29 is 0 Å². The first-order chi connectivity index (χ1) is 9.67. The van der Waals surface area contributed by atoms with Crippen molar-refractivity contribution in [2.45, 2.75) is 39.5 Å². The smallest absolute Gasteiger partial charge is 0.0991 e. The zero-order valence-corrected chi connectivity index (χ0v) is 12.5. The summed E-state index contributed by atoms with van der Waals surface area (Å²) in [5.74, 6) is 0.498. The normalized spacial score (nSPS) is 10.6. The number of aryl methyl sites for hydroxylation is 1. The topological polar surface area (TPSA) is 23.8 Å². The van der Waals surface area contributed by atoms with Gasteiger partial charge in [0.05, 0.1) is 11.6 Å². The number of rotatable bonds is 4. The zero-order valence-electron chi connectivity index (χ0n) is 12.5. The summed E-state index contributed by atoms with van der Waals surface area (Å²) in [6.07, 6.45) is 2.24. The standard InChI is InChI=1S/C19H21N/c1-4-6-16-7-5-8-18(14(2)3)19(16)17-11-9-15(13-20)10-12-17/h5,7-12,14H,4,6H2,1-3H3. The van der Waals surface area contributed by atoms with E-state index in [-0.39, 0.29) is 0 Å². The van der Waals surface area contributed by atoms with Crippen LogP contribution in [0.2, 0.25) is 0 Å². The number of benzene rings is 2. The molecule has 0 heterocycles. The van der Waals surface area contributed by atoms with Crippen LogP contribution in [0, 0.1) is 11.3 Å². The molecule has 1 heteroatoms. The Hall–Kier alpha value is -2.07. The molecule has 0 aliphatic carbocycles. The molecular weight excluding hydrogens is 242 g/mol. The third-order valence-corrected chi connectivity index (χ3v) is 3.63. The Labute approximate surface area is 121 Å². The fourth-order valence-electron chi connectivity index (χ4n) is 2.64. The maximum atomic E-state index is 8.93. The average molecular weight is 263 g/mol. The minimum atomic E-state index is 0.498. The van der Waals surface area contributed by atoms with Crippen LogP contribution in [-0.2, 0) is 6.42 Å². The molecule has 0 radical (unpaired) electrons. The highest BCUT2D eigenvalue weighted by Crippen LogP contribution is 2.33. The Bertz CT molecular complexity index is 615. The van der Waals surface area contributed by atoms with Crippen LogP contribution in [0.3, 0.4) is 0 Å². The molecule has 2 aromatic rings. The van der Waals surface area contributed by atoms with E-state index in [1.165, 1.54) is 22.3 Å². The van der Waals surface area contributed by atoms with Gasteiger partial charge in [0.1, 0.15) is 0 Å². The molecule has 1 nitrogen and oxygen atoms in total. The van der Waals surface area contributed by atoms with Gasteiger partial charge in [-0.15, -0.1) is 0 Å². The molecule has 0 aromatic heterocycles. The molecule has 0 saturated heterocycles. The van der Waals surface area contributed by atoms with Crippen LogP contribution in [0.4, 0.5) is 0 Å². The largest absolute Gasteiger partial charge is 0.192 e. The third-order valence-electron chi connectivity index (χ3n) is 3.63. The average Bonchev–Trinajstić information content (AvgIpc) is 2.47. The molecule has 20 heavy (non-hydrogen) atoms. The van der Waals surface area contributed by atoms with Crippen molar-refractivity contribution in [1.82, 2.24) is 0 Å². The second-order valence-electron chi connectivity index (χ2n) is 5.48. The minimum Gasteiger partial charge on any atom is -0.192 e. The first kappa shape index (κ1) is 14.3. The Morgan fingerprint density at radius 2 is 1.75 bits per heavy atom. The number of nitriles is 1. The highest BCUT2D eigenvalue weighted by Gasteiger charge is 2.12. The number of nitrogens with zero attached hydrogens (tertiary/aromatic N) is 1. The Balaban J connectivity index is 2.59. The molecular formula is C19H21N. The first-order valence-corrected chi connectivity index (χ1v) is 7.29.